The van der Waals surface area contributed by atoms with E-state index in [9.17, 15) is 0 Å². The van der Waals surface area contributed by atoms with Crippen LogP contribution in [0, 0.1) is 6.92 Å². The Morgan fingerprint density at radius 1 is 1.28 bits per heavy atom. The van der Waals surface area contributed by atoms with Crippen LogP contribution in [0.25, 0.3) is 22.0 Å². The third-order valence-corrected chi connectivity index (χ3v) is 4.11. The second-order valence-electron chi connectivity index (χ2n) is 4.71. The summed E-state index contributed by atoms with van der Waals surface area (Å²) in [4.78, 5) is 10.1. The molecule has 2 aromatic heterocycles. The lowest BCUT2D eigenvalue weighted by molar-refractivity contribution is 0.619. The molecule has 0 amide bonds. The van der Waals surface area contributed by atoms with Gasteiger partial charge in [-0.1, -0.05) is 19.9 Å². The first kappa shape index (κ1) is 11.4. The van der Waals surface area contributed by atoms with Gasteiger partial charge in [0.15, 0.2) is 10.6 Å². The zero-order valence-corrected chi connectivity index (χ0v) is 11.4. The molecule has 0 saturated carbocycles. The largest absolute Gasteiger partial charge is 0.434 e. The average molecular weight is 258 g/mol. The van der Waals surface area contributed by atoms with E-state index < -0.39 is 0 Å². The molecule has 3 nitrogen and oxygen atoms in total. The van der Waals surface area contributed by atoms with Gasteiger partial charge in [0.2, 0.25) is 0 Å². The molecule has 0 aliphatic carbocycles. The summed E-state index contributed by atoms with van der Waals surface area (Å²) in [6.45, 7) is 6.36. The van der Waals surface area contributed by atoms with Gasteiger partial charge in [0, 0.05) is 11.1 Å². The van der Waals surface area contributed by atoms with Gasteiger partial charge in [-0.2, -0.15) is 0 Å². The summed E-state index contributed by atoms with van der Waals surface area (Å²) in [6, 6.07) is 6.02. The summed E-state index contributed by atoms with van der Waals surface area (Å²) in [7, 11) is 0. The van der Waals surface area contributed by atoms with Crippen molar-refractivity contribution in [2.24, 2.45) is 0 Å². The molecule has 3 rings (SSSR count). The lowest BCUT2D eigenvalue weighted by atomic mass is 10.2. The van der Waals surface area contributed by atoms with E-state index in [2.05, 4.69) is 23.8 Å². The minimum Gasteiger partial charge on any atom is -0.434 e. The fourth-order valence-electron chi connectivity index (χ4n) is 1.78. The predicted molar refractivity (Wildman–Crippen MR) is 73.9 cm³/mol. The Hall–Kier alpha value is -1.68. The van der Waals surface area contributed by atoms with Crippen molar-refractivity contribution in [2.75, 3.05) is 0 Å². The zero-order chi connectivity index (χ0) is 12.7. The zero-order valence-electron chi connectivity index (χ0n) is 10.6. The third kappa shape index (κ3) is 1.93. The lowest BCUT2D eigenvalue weighted by Gasteiger charge is -1.95. The maximum absolute atomic E-state index is 5.76. The van der Waals surface area contributed by atoms with E-state index in [0.717, 1.165) is 16.1 Å². The monoisotopic (exact) mass is 258 g/mol. The Bertz CT molecular complexity index is 697. The number of fused-ring (bicyclic) bond motifs is 1. The number of hydrogen-bond donors (Lipinski definition) is 0. The smallest absolute Gasteiger partial charge is 0.256 e. The molecule has 0 fully saturated rings. The third-order valence-electron chi connectivity index (χ3n) is 2.82. The molecule has 3 aromatic rings. The van der Waals surface area contributed by atoms with Crippen LogP contribution in [0.15, 0.2) is 28.8 Å². The molecule has 0 unspecified atom stereocenters. The maximum Gasteiger partial charge on any atom is 0.256 e. The number of nitrogens with zero attached hydrogens (tertiary/aromatic N) is 2. The number of aryl methyl sites for hydroxylation is 1. The van der Waals surface area contributed by atoms with Crippen molar-refractivity contribution >= 4 is 22.4 Å². The van der Waals surface area contributed by atoms with Gasteiger partial charge in [0.25, 0.3) is 5.89 Å². The Balaban J connectivity index is 2.07. The summed E-state index contributed by atoms with van der Waals surface area (Å²) in [6.07, 6.45) is 1.91. The minimum absolute atomic E-state index is 0.489. The average Bonchev–Trinajstić information content (AvgIpc) is 2.93. The summed E-state index contributed by atoms with van der Waals surface area (Å²) in [5, 5.41) is 0.854. The molecular formula is C14H14N2OS. The fraction of sp³-hybridized carbons (Fsp3) is 0.286. The quantitative estimate of drug-likeness (QED) is 0.684. The SMILES string of the molecule is Cc1ccc2nc(-c3ncc(C(C)C)s3)oc2c1. The summed E-state index contributed by atoms with van der Waals surface area (Å²) < 4.78 is 5.76. The number of thiazole rings is 1. The van der Waals surface area contributed by atoms with Gasteiger partial charge in [-0.15, -0.1) is 11.3 Å². The first-order valence-corrected chi connectivity index (χ1v) is 6.78. The van der Waals surface area contributed by atoms with Crippen LogP contribution in [0.4, 0.5) is 0 Å². The van der Waals surface area contributed by atoms with E-state index in [1.165, 1.54) is 10.4 Å². The highest BCUT2D eigenvalue weighted by atomic mass is 32.1. The Kier molecular flexibility index (Phi) is 2.67. The van der Waals surface area contributed by atoms with Crippen LogP contribution in [0.2, 0.25) is 0 Å². The highest BCUT2D eigenvalue weighted by molar-refractivity contribution is 7.15. The van der Waals surface area contributed by atoms with Gasteiger partial charge < -0.3 is 4.42 Å². The van der Waals surface area contributed by atoms with Crippen LogP contribution < -0.4 is 0 Å². The number of hydrogen-bond acceptors (Lipinski definition) is 4. The van der Waals surface area contributed by atoms with Crippen LogP contribution in [0.5, 0.6) is 0 Å². The van der Waals surface area contributed by atoms with Crippen molar-refractivity contribution in [2.45, 2.75) is 26.7 Å². The molecule has 18 heavy (non-hydrogen) atoms. The van der Waals surface area contributed by atoms with Crippen molar-refractivity contribution in [1.29, 1.82) is 0 Å². The minimum atomic E-state index is 0.489. The molecule has 0 bridgehead atoms. The molecule has 0 aliphatic rings. The summed E-state index contributed by atoms with van der Waals surface area (Å²) >= 11 is 1.65. The molecule has 2 heterocycles. The highest BCUT2D eigenvalue weighted by Gasteiger charge is 2.13. The van der Waals surface area contributed by atoms with E-state index in [0.29, 0.717) is 11.8 Å². The van der Waals surface area contributed by atoms with E-state index >= 15 is 0 Å². The molecule has 0 aliphatic heterocycles. The second-order valence-corrected chi connectivity index (χ2v) is 5.77. The Labute approximate surface area is 110 Å². The number of benzene rings is 1. The van der Waals surface area contributed by atoms with E-state index in [1.54, 1.807) is 11.3 Å². The number of oxazole rings is 1. The topological polar surface area (TPSA) is 38.9 Å². The maximum atomic E-state index is 5.76. The highest BCUT2D eigenvalue weighted by Crippen LogP contribution is 2.31. The molecular weight excluding hydrogens is 244 g/mol. The van der Waals surface area contributed by atoms with Gasteiger partial charge in [-0.3, -0.25) is 0 Å². The van der Waals surface area contributed by atoms with E-state index in [-0.39, 0.29) is 0 Å². The van der Waals surface area contributed by atoms with Crippen LogP contribution in [0.3, 0.4) is 0 Å². The van der Waals surface area contributed by atoms with Gasteiger partial charge in [-0.05, 0) is 30.5 Å². The molecule has 0 saturated heterocycles. The Morgan fingerprint density at radius 3 is 2.83 bits per heavy atom. The van der Waals surface area contributed by atoms with Crippen molar-refractivity contribution in [3.05, 3.63) is 34.8 Å². The van der Waals surface area contributed by atoms with Gasteiger partial charge in [0.05, 0.1) is 0 Å². The molecule has 0 N–H and O–H groups in total. The fourth-order valence-corrected chi connectivity index (χ4v) is 2.62. The normalized spacial score (nSPS) is 11.6. The van der Waals surface area contributed by atoms with Crippen molar-refractivity contribution in [3.8, 4) is 10.9 Å². The van der Waals surface area contributed by atoms with Crippen LogP contribution in [-0.2, 0) is 0 Å². The van der Waals surface area contributed by atoms with Crippen molar-refractivity contribution in [1.82, 2.24) is 9.97 Å². The van der Waals surface area contributed by atoms with Gasteiger partial charge >= 0.3 is 0 Å². The van der Waals surface area contributed by atoms with Crippen molar-refractivity contribution < 1.29 is 4.42 Å². The van der Waals surface area contributed by atoms with E-state index in [4.69, 9.17) is 4.42 Å². The van der Waals surface area contributed by atoms with Gasteiger partial charge in [-0.25, -0.2) is 9.97 Å². The predicted octanol–water partition coefficient (Wildman–Crippen LogP) is 4.38. The summed E-state index contributed by atoms with van der Waals surface area (Å²) in [5.74, 6) is 1.11. The lowest BCUT2D eigenvalue weighted by Crippen LogP contribution is -1.77. The first-order valence-electron chi connectivity index (χ1n) is 5.97. The molecule has 1 aromatic carbocycles. The summed E-state index contributed by atoms with van der Waals surface area (Å²) in [5.41, 5.74) is 2.88. The number of aromatic nitrogens is 2. The van der Waals surface area contributed by atoms with Crippen LogP contribution in [0.1, 0.15) is 30.2 Å². The molecule has 92 valence electrons. The van der Waals surface area contributed by atoms with Crippen LogP contribution in [-0.4, -0.2) is 9.97 Å². The second kappa shape index (κ2) is 4.21. The Morgan fingerprint density at radius 2 is 2.11 bits per heavy atom. The standard InChI is InChI=1S/C14H14N2OS/c1-8(2)12-7-15-14(18-12)13-16-10-5-4-9(3)6-11(10)17-13/h4-8H,1-3H3. The molecule has 0 spiro atoms. The van der Waals surface area contributed by atoms with Crippen LogP contribution >= 0.6 is 11.3 Å². The number of rotatable bonds is 2. The van der Waals surface area contributed by atoms with Gasteiger partial charge in [0.1, 0.15) is 5.52 Å². The first-order chi connectivity index (χ1) is 8.63. The van der Waals surface area contributed by atoms with E-state index in [1.807, 2.05) is 31.3 Å². The molecule has 4 heteroatoms. The molecule has 0 atom stereocenters. The molecule has 0 radical (unpaired) electrons. The van der Waals surface area contributed by atoms with Crippen molar-refractivity contribution in [3.63, 3.8) is 0 Å².